The number of nitrogens with one attached hydrogen (secondary N) is 1. The van der Waals surface area contributed by atoms with E-state index in [1.165, 1.54) is 0 Å². The molecule has 0 saturated carbocycles. The number of likely N-dealkylation sites (N-methyl/N-ethyl adjacent to an activating group) is 1. The first-order chi connectivity index (χ1) is 19.0. The number of nitrogens with zero attached hydrogens (tertiary/aromatic N) is 3. The Morgan fingerprint density at radius 1 is 1.03 bits per heavy atom. The Balaban J connectivity index is 1.60. The maximum atomic E-state index is 13.2. The van der Waals surface area contributed by atoms with Gasteiger partial charge in [0.2, 0.25) is 0 Å². The highest BCUT2D eigenvalue weighted by Crippen LogP contribution is 2.34. The van der Waals surface area contributed by atoms with Gasteiger partial charge in [0.05, 0.1) is 13.7 Å². The van der Waals surface area contributed by atoms with Crippen LogP contribution in [-0.2, 0) is 0 Å². The largest absolute Gasteiger partial charge is 0.496 e. The van der Waals surface area contributed by atoms with Crippen LogP contribution in [0.15, 0.2) is 72.8 Å². The van der Waals surface area contributed by atoms with Gasteiger partial charge in [-0.3, -0.25) is 9.69 Å². The molecule has 206 valence electrons. The summed E-state index contributed by atoms with van der Waals surface area (Å²) in [4.78, 5) is 20.0. The first-order valence-corrected chi connectivity index (χ1v) is 13.5. The maximum absolute atomic E-state index is 13.2. The highest BCUT2D eigenvalue weighted by molar-refractivity contribution is 6.07. The van der Waals surface area contributed by atoms with Crippen LogP contribution < -0.4 is 15.0 Å². The van der Waals surface area contributed by atoms with Crippen molar-refractivity contribution in [3.63, 3.8) is 0 Å². The van der Waals surface area contributed by atoms with Crippen molar-refractivity contribution in [1.29, 1.82) is 0 Å². The lowest BCUT2D eigenvalue weighted by atomic mass is 9.99. The third kappa shape index (κ3) is 7.69. The van der Waals surface area contributed by atoms with E-state index in [9.17, 15) is 9.90 Å². The van der Waals surface area contributed by atoms with Crippen molar-refractivity contribution in [2.75, 3.05) is 83.8 Å². The van der Waals surface area contributed by atoms with Gasteiger partial charge in [0.15, 0.2) is 5.78 Å². The molecule has 1 fully saturated rings. The second kappa shape index (κ2) is 13.9. The Bertz CT molecular complexity index is 1270. The number of para-hydroxylation sites is 1. The standard InChI is InChI=1S/C32H40N4O3/c1-34(2)16-15-33-28-8-6-7-27(24-28)31(38)14-12-26-23-25(29-9-4-5-10-32(29)39-3)11-13-30(26)36-19-17-35(18-20-36)21-22-37/h4-14,23-24,33,37H,15-22H2,1-3H3/b14-12+. The third-order valence-electron chi connectivity index (χ3n) is 7.02. The average Bonchev–Trinajstić information content (AvgIpc) is 2.96. The summed E-state index contributed by atoms with van der Waals surface area (Å²) >= 11 is 0. The van der Waals surface area contributed by atoms with Gasteiger partial charge in [-0.25, -0.2) is 0 Å². The minimum absolute atomic E-state index is 0.0346. The predicted molar refractivity (Wildman–Crippen MR) is 161 cm³/mol. The number of hydrogen-bond acceptors (Lipinski definition) is 7. The monoisotopic (exact) mass is 528 g/mol. The number of aliphatic hydroxyl groups is 1. The minimum atomic E-state index is -0.0346. The van der Waals surface area contributed by atoms with E-state index in [2.05, 4.69) is 44.3 Å². The van der Waals surface area contributed by atoms with Gasteiger partial charge >= 0.3 is 0 Å². The number of aliphatic hydroxyl groups excluding tert-OH is 1. The van der Waals surface area contributed by atoms with E-state index in [-0.39, 0.29) is 12.4 Å². The fourth-order valence-corrected chi connectivity index (χ4v) is 4.85. The highest BCUT2D eigenvalue weighted by Gasteiger charge is 2.19. The lowest BCUT2D eigenvalue weighted by Crippen LogP contribution is -2.47. The van der Waals surface area contributed by atoms with Crippen molar-refractivity contribution in [3.8, 4) is 16.9 Å². The molecule has 3 aromatic rings. The molecule has 7 nitrogen and oxygen atoms in total. The Kier molecular flexibility index (Phi) is 10.1. The molecule has 1 saturated heterocycles. The summed E-state index contributed by atoms with van der Waals surface area (Å²) in [5.74, 6) is 0.778. The first-order valence-electron chi connectivity index (χ1n) is 13.5. The van der Waals surface area contributed by atoms with Crippen molar-refractivity contribution in [2.24, 2.45) is 0 Å². The molecular formula is C32H40N4O3. The van der Waals surface area contributed by atoms with Gasteiger partial charge in [-0.15, -0.1) is 0 Å². The summed E-state index contributed by atoms with van der Waals surface area (Å²) in [6.07, 6.45) is 3.61. The summed E-state index contributed by atoms with van der Waals surface area (Å²) in [7, 11) is 5.76. The van der Waals surface area contributed by atoms with Crippen molar-refractivity contribution >= 4 is 23.2 Å². The van der Waals surface area contributed by atoms with Gasteiger partial charge in [0.1, 0.15) is 5.75 Å². The van der Waals surface area contributed by atoms with Crippen molar-refractivity contribution in [2.45, 2.75) is 0 Å². The van der Waals surface area contributed by atoms with Crippen LogP contribution in [0.2, 0.25) is 0 Å². The molecule has 0 aliphatic carbocycles. The van der Waals surface area contributed by atoms with Crippen LogP contribution in [0.4, 0.5) is 11.4 Å². The van der Waals surface area contributed by atoms with Gasteiger partial charge in [0, 0.05) is 68.3 Å². The number of methoxy groups -OCH3 is 1. The van der Waals surface area contributed by atoms with Crippen LogP contribution in [0.1, 0.15) is 15.9 Å². The molecule has 0 unspecified atom stereocenters. The zero-order valence-electron chi connectivity index (χ0n) is 23.3. The normalized spacial score (nSPS) is 14.2. The van der Waals surface area contributed by atoms with Crippen LogP contribution >= 0.6 is 0 Å². The Labute approximate surface area is 232 Å². The molecule has 4 rings (SSSR count). The fourth-order valence-electron chi connectivity index (χ4n) is 4.85. The van der Waals surface area contributed by atoms with E-state index in [1.807, 2.05) is 62.6 Å². The summed E-state index contributed by atoms with van der Waals surface area (Å²) in [5.41, 5.74) is 5.73. The topological polar surface area (TPSA) is 68.3 Å². The number of carbonyl (C=O) groups is 1. The van der Waals surface area contributed by atoms with E-state index < -0.39 is 0 Å². The van der Waals surface area contributed by atoms with E-state index >= 15 is 0 Å². The van der Waals surface area contributed by atoms with E-state index in [4.69, 9.17) is 4.74 Å². The zero-order valence-corrected chi connectivity index (χ0v) is 23.3. The zero-order chi connectivity index (χ0) is 27.6. The number of anilines is 2. The molecular weight excluding hydrogens is 488 g/mol. The molecule has 1 aliphatic rings. The highest BCUT2D eigenvalue weighted by atomic mass is 16.5. The van der Waals surface area contributed by atoms with Crippen molar-refractivity contribution in [1.82, 2.24) is 9.80 Å². The molecule has 39 heavy (non-hydrogen) atoms. The van der Waals surface area contributed by atoms with E-state index in [0.29, 0.717) is 12.1 Å². The number of ketones is 1. The molecule has 0 spiro atoms. The Morgan fingerprint density at radius 2 is 1.82 bits per heavy atom. The van der Waals surface area contributed by atoms with Crippen molar-refractivity contribution < 1.29 is 14.6 Å². The second-order valence-corrected chi connectivity index (χ2v) is 10.0. The molecule has 0 aromatic heterocycles. The molecule has 1 heterocycles. The van der Waals surface area contributed by atoms with Crippen LogP contribution in [0.5, 0.6) is 5.75 Å². The molecule has 0 bridgehead atoms. The quantitative estimate of drug-likeness (QED) is 0.268. The maximum Gasteiger partial charge on any atom is 0.185 e. The molecule has 0 amide bonds. The van der Waals surface area contributed by atoms with Crippen molar-refractivity contribution in [3.05, 3.63) is 83.9 Å². The number of hydrogen-bond donors (Lipinski definition) is 2. The predicted octanol–water partition coefficient (Wildman–Crippen LogP) is 4.35. The van der Waals surface area contributed by atoms with Gasteiger partial charge in [0.25, 0.3) is 0 Å². The van der Waals surface area contributed by atoms with Gasteiger partial charge in [-0.2, -0.15) is 0 Å². The van der Waals surface area contributed by atoms with Crippen LogP contribution in [0.25, 0.3) is 17.2 Å². The van der Waals surface area contributed by atoms with Gasteiger partial charge < -0.3 is 25.0 Å². The molecule has 7 heteroatoms. The number of allylic oxidation sites excluding steroid dienone is 1. The minimum Gasteiger partial charge on any atom is -0.496 e. The van der Waals surface area contributed by atoms with Crippen LogP contribution in [0.3, 0.4) is 0 Å². The SMILES string of the molecule is COc1ccccc1-c1ccc(N2CCN(CCO)CC2)c(/C=C/C(=O)c2cccc(NCCN(C)C)c2)c1. The summed E-state index contributed by atoms with van der Waals surface area (Å²) in [5, 5.41) is 12.7. The Morgan fingerprint density at radius 3 is 2.56 bits per heavy atom. The van der Waals surface area contributed by atoms with E-state index in [1.54, 1.807) is 13.2 Å². The number of rotatable bonds is 12. The fraction of sp³-hybridized carbons (Fsp3) is 0.344. The lowest BCUT2D eigenvalue weighted by Gasteiger charge is -2.36. The molecule has 0 atom stereocenters. The summed E-state index contributed by atoms with van der Waals surface area (Å²) in [6, 6.07) is 22.0. The molecule has 1 aliphatic heterocycles. The molecule has 2 N–H and O–H groups in total. The smallest absolute Gasteiger partial charge is 0.185 e. The average molecular weight is 529 g/mol. The van der Waals surface area contributed by atoms with Crippen LogP contribution in [0, 0.1) is 0 Å². The van der Waals surface area contributed by atoms with Gasteiger partial charge in [-0.05, 0) is 67.7 Å². The van der Waals surface area contributed by atoms with Crippen LogP contribution in [-0.4, -0.2) is 94.3 Å². The molecule has 0 radical (unpaired) electrons. The number of β-amino-alcohol motifs (C(OH)–C–C–N with tert-alkyl or cyclic N) is 1. The van der Waals surface area contributed by atoms with E-state index in [0.717, 1.165) is 73.1 Å². The first kappa shape index (κ1) is 28.4. The number of carbonyl (C=O) groups excluding carboxylic acids is 1. The number of piperazine rings is 1. The lowest BCUT2D eigenvalue weighted by molar-refractivity contribution is 0.104. The summed E-state index contributed by atoms with van der Waals surface area (Å²) < 4.78 is 5.61. The summed E-state index contributed by atoms with van der Waals surface area (Å²) in [6.45, 7) is 6.12. The molecule has 3 aromatic carbocycles. The van der Waals surface area contributed by atoms with Gasteiger partial charge in [-0.1, -0.05) is 36.4 Å². The number of benzene rings is 3. The number of ether oxygens (including phenoxy) is 1. The second-order valence-electron chi connectivity index (χ2n) is 10.0. The Hall–Kier alpha value is -3.65. The third-order valence-corrected chi connectivity index (χ3v) is 7.02.